The van der Waals surface area contributed by atoms with Gasteiger partial charge < -0.3 is 0 Å². The number of aryl methyl sites for hydroxylation is 1. The quantitative estimate of drug-likeness (QED) is 0.762. The molecular weight excluding hydrogens is 357 g/mol. The number of nitrogens with zero attached hydrogens (tertiary/aromatic N) is 2. The van der Waals surface area contributed by atoms with Crippen LogP contribution in [0, 0.1) is 19.7 Å². The summed E-state index contributed by atoms with van der Waals surface area (Å²) >= 11 is 0. The highest BCUT2D eigenvalue weighted by atomic mass is 32.2. The Hall–Kier alpha value is -2.87. The number of sulfonamides is 1. The molecule has 3 rings (SSSR count). The molecule has 26 heavy (non-hydrogen) atoms. The molecule has 0 fully saturated rings. The maximum atomic E-state index is 13.5. The van der Waals surface area contributed by atoms with Gasteiger partial charge in [0, 0.05) is 7.05 Å². The Labute approximate surface area is 150 Å². The van der Waals surface area contributed by atoms with Gasteiger partial charge in [0.05, 0.1) is 16.3 Å². The molecule has 0 aliphatic carbocycles. The van der Waals surface area contributed by atoms with E-state index < -0.39 is 21.4 Å². The molecule has 0 bridgehead atoms. The fourth-order valence-corrected chi connectivity index (χ4v) is 4.11. The number of rotatable bonds is 4. The Morgan fingerprint density at radius 1 is 1.04 bits per heavy atom. The van der Waals surface area contributed by atoms with Crippen LogP contribution < -0.4 is 10.3 Å². The molecule has 0 atom stereocenters. The van der Waals surface area contributed by atoms with Crippen LogP contribution in [0.3, 0.4) is 0 Å². The van der Waals surface area contributed by atoms with Crippen molar-refractivity contribution in [1.82, 2.24) is 9.36 Å². The molecule has 1 heterocycles. The Morgan fingerprint density at radius 2 is 1.69 bits per heavy atom. The highest BCUT2D eigenvalue weighted by Crippen LogP contribution is 2.21. The maximum absolute atomic E-state index is 13.5. The molecule has 1 N–H and O–H groups in total. The summed E-state index contributed by atoms with van der Waals surface area (Å²) in [4.78, 5) is 12.6. The van der Waals surface area contributed by atoms with Crippen LogP contribution in [0.15, 0.2) is 58.2 Å². The third-order valence-electron chi connectivity index (χ3n) is 4.23. The van der Waals surface area contributed by atoms with Gasteiger partial charge in [0.25, 0.3) is 15.6 Å². The molecule has 0 saturated heterocycles. The molecule has 0 spiro atoms. The maximum Gasteiger partial charge on any atom is 0.296 e. The van der Waals surface area contributed by atoms with Crippen molar-refractivity contribution in [2.24, 2.45) is 7.05 Å². The van der Waals surface area contributed by atoms with Crippen LogP contribution >= 0.6 is 0 Å². The first kappa shape index (κ1) is 17.9. The summed E-state index contributed by atoms with van der Waals surface area (Å²) in [6.45, 7) is 3.20. The second-order valence-corrected chi connectivity index (χ2v) is 7.60. The molecule has 0 unspecified atom stereocenters. The van der Waals surface area contributed by atoms with Gasteiger partial charge in [-0.05, 0) is 43.7 Å². The summed E-state index contributed by atoms with van der Waals surface area (Å²) in [5, 5.41) is 0. The number of hydrogen-bond donors (Lipinski definition) is 1. The fourth-order valence-electron chi connectivity index (χ4n) is 2.74. The predicted octanol–water partition coefficient (Wildman–Crippen LogP) is 2.73. The van der Waals surface area contributed by atoms with E-state index >= 15 is 0 Å². The van der Waals surface area contributed by atoms with Crippen molar-refractivity contribution in [1.29, 1.82) is 0 Å². The minimum absolute atomic E-state index is 0.0694. The summed E-state index contributed by atoms with van der Waals surface area (Å²) in [6, 6.07) is 12.4. The fraction of sp³-hybridized carbons (Fsp3) is 0.167. The number of halogens is 1. The summed E-state index contributed by atoms with van der Waals surface area (Å²) in [5.41, 5.74) is 0.858. The lowest BCUT2D eigenvalue weighted by atomic mass is 10.2. The van der Waals surface area contributed by atoms with Gasteiger partial charge in [0.15, 0.2) is 0 Å². The van der Waals surface area contributed by atoms with E-state index in [1.165, 1.54) is 16.8 Å². The molecule has 2 aromatic carbocycles. The third kappa shape index (κ3) is 3.03. The van der Waals surface area contributed by atoms with E-state index in [1.54, 1.807) is 49.8 Å². The van der Waals surface area contributed by atoms with Crippen molar-refractivity contribution in [3.63, 3.8) is 0 Å². The lowest BCUT2D eigenvalue weighted by Crippen LogP contribution is -2.23. The molecule has 0 radical (unpaired) electrons. The van der Waals surface area contributed by atoms with Crippen LogP contribution in [-0.4, -0.2) is 17.8 Å². The summed E-state index contributed by atoms with van der Waals surface area (Å²) < 4.78 is 44.2. The second kappa shape index (κ2) is 6.45. The Kier molecular flexibility index (Phi) is 4.45. The van der Waals surface area contributed by atoms with Crippen molar-refractivity contribution in [2.45, 2.75) is 18.7 Å². The Morgan fingerprint density at radius 3 is 2.35 bits per heavy atom. The minimum Gasteiger partial charge on any atom is -0.283 e. The molecule has 0 aliphatic rings. The molecule has 8 heteroatoms. The molecular formula is C18H18FN3O3S. The van der Waals surface area contributed by atoms with Crippen LogP contribution in [0.2, 0.25) is 0 Å². The topological polar surface area (TPSA) is 73.1 Å². The number of benzene rings is 2. The monoisotopic (exact) mass is 375 g/mol. The Balaban J connectivity index is 2.12. The average molecular weight is 375 g/mol. The highest BCUT2D eigenvalue weighted by molar-refractivity contribution is 7.92. The van der Waals surface area contributed by atoms with E-state index in [4.69, 9.17) is 0 Å². The van der Waals surface area contributed by atoms with Crippen LogP contribution in [0.5, 0.6) is 0 Å². The third-order valence-corrected chi connectivity index (χ3v) is 5.72. The lowest BCUT2D eigenvalue weighted by Gasteiger charge is -2.09. The van der Waals surface area contributed by atoms with Crippen LogP contribution in [-0.2, 0) is 17.1 Å². The predicted molar refractivity (Wildman–Crippen MR) is 97.7 cm³/mol. The van der Waals surface area contributed by atoms with Crippen molar-refractivity contribution >= 4 is 15.7 Å². The minimum atomic E-state index is -4.11. The number of hydrogen-bond acceptors (Lipinski definition) is 3. The van der Waals surface area contributed by atoms with Gasteiger partial charge in [-0.1, -0.05) is 24.3 Å². The summed E-state index contributed by atoms with van der Waals surface area (Å²) in [7, 11) is -2.45. The van der Waals surface area contributed by atoms with Crippen molar-refractivity contribution in [2.75, 3.05) is 4.72 Å². The number of para-hydroxylation sites is 1. The van der Waals surface area contributed by atoms with Crippen molar-refractivity contribution in [3.05, 3.63) is 76.0 Å². The van der Waals surface area contributed by atoms with Gasteiger partial charge in [-0.2, -0.15) is 0 Å². The first-order chi connectivity index (χ1) is 12.2. The molecule has 0 saturated carbocycles. The van der Waals surface area contributed by atoms with Crippen molar-refractivity contribution < 1.29 is 12.8 Å². The zero-order valence-electron chi connectivity index (χ0n) is 14.5. The van der Waals surface area contributed by atoms with Gasteiger partial charge >= 0.3 is 0 Å². The molecule has 136 valence electrons. The van der Waals surface area contributed by atoms with E-state index in [1.807, 2.05) is 6.07 Å². The SMILES string of the molecule is Cc1ccc(F)cc1S(=O)(=O)Nc1c(C)n(C)n(-c2ccccc2)c1=O. The van der Waals surface area contributed by atoms with Gasteiger partial charge in [-0.3, -0.25) is 14.2 Å². The zero-order chi connectivity index (χ0) is 19.1. The number of anilines is 1. The first-order valence-corrected chi connectivity index (χ1v) is 9.33. The van der Waals surface area contributed by atoms with E-state index in [9.17, 15) is 17.6 Å². The van der Waals surface area contributed by atoms with Crippen molar-refractivity contribution in [3.8, 4) is 5.69 Å². The average Bonchev–Trinajstić information content (AvgIpc) is 2.81. The van der Waals surface area contributed by atoms with Crippen LogP contribution in [0.1, 0.15) is 11.3 Å². The Bertz CT molecular complexity index is 1130. The molecule has 1 aromatic heterocycles. The van der Waals surface area contributed by atoms with Crippen LogP contribution in [0.25, 0.3) is 5.69 Å². The van der Waals surface area contributed by atoms with E-state index in [0.29, 0.717) is 16.9 Å². The number of nitrogens with one attached hydrogen (secondary N) is 1. The smallest absolute Gasteiger partial charge is 0.283 e. The summed E-state index contributed by atoms with van der Waals surface area (Å²) in [6.07, 6.45) is 0. The standard InChI is InChI=1S/C18H18FN3O3S/c1-12-9-10-14(19)11-16(12)26(24,25)20-17-13(2)21(3)22(18(17)23)15-7-5-4-6-8-15/h4-11,20H,1-3H3. The number of aromatic nitrogens is 2. The lowest BCUT2D eigenvalue weighted by molar-refractivity contribution is 0.594. The zero-order valence-corrected chi connectivity index (χ0v) is 15.3. The molecule has 6 nitrogen and oxygen atoms in total. The first-order valence-electron chi connectivity index (χ1n) is 7.85. The molecule has 0 amide bonds. The van der Waals surface area contributed by atoms with E-state index in [-0.39, 0.29) is 10.6 Å². The van der Waals surface area contributed by atoms with Gasteiger partial charge in [0.1, 0.15) is 11.5 Å². The summed E-state index contributed by atoms with van der Waals surface area (Å²) in [5.74, 6) is -0.664. The highest BCUT2D eigenvalue weighted by Gasteiger charge is 2.24. The normalized spacial score (nSPS) is 11.5. The van der Waals surface area contributed by atoms with E-state index in [0.717, 1.165) is 6.07 Å². The molecule has 3 aromatic rings. The van der Waals surface area contributed by atoms with Gasteiger partial charge in [0.2, 0.25) is 0 Å². The second-order valence-electron chi connectivity index (χ2n) is 5.95. The van der Waals surface area contributed by atoms with Crippen LogP contribution in [0.4, 0.5) is 10.1 Å². The van der Waals surface area contributed by atoms with Gasteiger partial charge in [-0.25, -0.2) is 17.5 Å². The largest absolute Gasteiger partial charge is 0.296 e. The van der Waals surface area contributed by atoms with E-state index in [2.05, 4.69) is 4.72 Å². The molecule has 0 aliphatic heterocycles. The van der Waals surface area contributed by atoms with Gasteiger partial charge in [-0.15, -0.1) is 0 Å².